The molecule has 0 aromatic heterocycles. The van der Waals surface area contributed by atoms with Gasteiger partial charge in [-0.2, -0.15) is 0 Å². The number of alkyl carbamates (subject to hydrolysis) is 1. The van der Waals surface area contributed by atoms with Gasteiger partial charge in [-0.1, -0.05) is 95.2 Å². The Kier molecular flexibility index (Phi) is 37.3. The Morgan fingerprint density at radius 2 is 1.00 bits per heavy atom. The molecule has 0 saturated heterocycles. The average Bonchev–Trinajstić information content (AvgIpc) is 2.76. The summed E-state index contributed by atoms with van der Waals surface area (Å²) in [5, 5.41) is 22.6. The highest BCUT2D eigenvalue weighted by Gasteiger charge is 2.31. The van der Waals surface area contributed by atoms with Crippen LogP contribution in [0.1, 0.15) is 182 Å². The molecule has 0 bridgehead atoms. The number of carboxylic acids is 1. The van der Waals surface area contributed by atoms with Crippen molar-refractivity contribution in [3.05, 3.63) is 34.7 Å². The summed E-state index contributed by atoms with van der Waals surface area (Å²) >= 11 is 0. The summed E-state index contributed by atoms with van der Waals surface area (Å²) in [6.07, 6.45) is 17.4. The van der Waals surface area contributed by atoms with Crippen molar-refractivity contribution >= 4 is 63.5 Å². The fourth-order valence-electron chi connectivity index (χ4n) is 8.35. The van der Waals surface area contributed by atoms with Gasteiger partial charge < -0.3 is 64.8 Å². The topological polar surface area (TPSA) is 316 Å². The monoisotopic (exact) mass is 1200 g/mol. The summed E-state index contributed by atoms with van der Waals surface area (Å²) < 4.78 is 62.7. The standard InChI is InChI=1S/C59H97N5O18S/c1-58(2,3)81-54(69)29-20-18-16-14-12-10-8-7-9-11-13-15-17-19-28-51(66)63-48(56(72)82-59(4,5)6)30-31-50(65)61-33-35-76-37-40-79-44-53(68)62-34-36-77-38-39-78-43-52(67)60-32-24-23-26-47(55(70)71)64-57(73)80-42-46-41-45-25-21-22-27-49(45)83(46,74)75/h21-22,25,27,41,47-48H,7-20,23-24,26,28-40,42-44H2,1-6H3,(H,60,67)(H,61,65)(H,62,68)(H,63,66)(H,64,73)(H,70,71)/t47-,48-/m0/s1. The normalized spacial score (nSPS) is 13.4. The van der Waals surface area contributed by atoms with E-state index in [2.05, 4.69) is 26.6 Å². The quantitative estimate of drug-likeness (QED) is 0.0223. The van der Waals surface area contributed by atoms with E-state index in [1.165, 1.54) is 57.1 Å². The molecular weight excluding hydrogens is 1100 g/mol. The molecule has 83 heavy (non-hydrogen) atoms. The number of nitrogens with one attached hydrogen (secondary N) is 5. The Labute approximate surface area is 491 Å². The molecule has 0 aliphatic carbocycles. The second-order valence-corrected chi connectivity index (χ2v) is 24.3. The maximum Gasteiger partial charge on any atom is 0.408 e. The molecular formula is C59H97N5O18S. The highest BCUT2D eigenvalue weighted by molar-refractivity contribution is 7.95. The van der Waals surface area contributed by atoms with Gasteiger partial charge in [0, 0.05) is 38.9 Å². The van der Waals surface area contributed by atoms with E-state index in [1.807, 2.05) is 20.8 Å². The van der Waals surface area contributed by atoms with E-state index in [9.17, 15) is 51.9 Å². The molecule has 1 aromatic rings. The third-order valence-electron chi connectivity index (χ3n) is 12.5. The second-order valence-electron chi connectivity index (χ2n) is 22.4. The van der Waals surface area contributed by atoms with Gasteiger partial charge in [-0.15, -0.1) is 0 Å². The molecule has 23 nitrogen and oxygen atoms in total. The van der Waals surface area contributed by atoms with Gasteiger partial charge in [-0.25, -0.2) is 22.8 Å². The van der Waals surface area contributed by atoms with Crippen LogP contribution in [0.5, 0.6) is 0 Å². The smallest absolute Gasteiger partial charge is 0.408 e. The van der Waals surface area contributed by atoms with Crippen LogP contribution in [0.2, 0.25) is 0 Å². The van der Waals surface area contributed by atoms with Crippen molar-refractivity contribution in [3.63, 3.8) is 0 Å². The Balaban J connectivity index is 1.41. The lowest BCUT2D eigenvalue weighted by Gasteiger charge is -2.24. The third-order valence-corrected chi connectivity index (χ3v) is 14.4. The first-order valence-corrected chi connectivity index (χ1v) is 31.0. The Morgan fingerprint density at radius 1 is 0.506 bits per heavy atom. The number of carbonyl (C=O) groups is 8. The SMILES string of the molecule is CC(C)(C)OC(=O)CCCCCCCCCCCCCCCCC(=O)N[C@@H](CCC(=O)NCCOCCOCC(=O)NCCOCCOCC(=O)NCCCC[C@H](NC(=O)OCC1=Cc2ccccc2S1(=O)=O)C(=O)O)C(=O)OC(C)(C)C. The minimum absolute atomic E-state index is 0.0103. The van der Waals surface area contributed by atoms with E-state index in [0.29, 0.717) is 31.2 Å². The maximum absolute atomic E-state index is 13.0. The van der Waals surface area contributed by atoms with Gasteiger partial charge in [-0.05, 0) is 97.8 Å². The zero-order valence-corrected chi connectivity index (χ0v) is 51.0. The van der Waals surface area contributed by atoms with Gasteiger partial charge in [0.25, 0.3) is 0 Å². The van der Waals surface area contributed by atoms with E-state index in [-0.39, 0.29) is 138 Å². The number of carboxylic acid groups (broad SMARTS) is 1. The van der Waals surface area contributed by atoms with Crippen molar-refractivity contribution in [2.24, 2.45) is 0 Å². The van der Waals surface area contributed by atoms with E-state index in [1.54, 1.807) is 39.0 Å². The number of carbonyl (C=O) groups excluding carboxylic acids is 7. The number of aliphatic carboxylic acids is 1. The van der Waals surface area contributed by atoms with E-state index in [4.69, 9.17) is 33.2 Å². The Hall–Kier alpha value is -5.69. The van der Waals surface area contributed by atoms with E-state index >= 15 is 0 Å². The lowest BCUT2D eigenvalue weighted by Crippen LogP contribution is -2.44. The average molecular weight is 1200 g/mol. The van der Waals surface area contributed by atoms with Crippen molar-refractivity contribution in [2.75, 3.05) is 79.1 Å². The van der Waals surface area contributed by atoms with Crippen LogP contribution in [0, 0.1) is 0 Å². The number of ether oxygens (including phenoxy) is 7. The summed E-state index contributed by atoms with van der Waals surface area (Å²) in [5.74, 6) is -3.30. The van der Waals surface area contributed by atoms with Crippen molar-refractivity contribution in [1.29, 1.82) is 0 Å². The van der Waals surface area contributed by atoms with Crippen molar-refractivity contribution in [3.8, 4) is 0 Å². The molecule has 0 unspecified atom stereocenters. The highest BCUT2D eigenvalue weighted by Crippen LogP contribution is 2.32. The molecule has 0 saturated carbocycles. The van der Waals surface area contributed by atoms with Crippen LogP contribution < -0.4 is 26.6 Å². The lowest BCUT2D eigenvalue weighted by atomic mass is 10.0. The van der Waals surface area contributed by atoms with Crippen molar-refractivity contribution in [2.45, 2.75) is 205 Å². The molecule has 0 fully saturated rings. The second kappa shape index (κ2) is 42.2. The number of hydrogen-bond donors (Lipinski definition) is 6. The molecule has 2 atom stereocenters. The molecule has 0 spiro atoms. The minimum Gasteiger partial charge on any atom is -0.480 e. The first-order valence-electron chi connectivity index (χ1n) is 29.5. The lowest BCUT2D eigenvalue weighted by molar-refractivity contribution is -0.159. The predicted molar refractivity (Wildman–Crippen MR) is 310 cm³/mol. The van der Waals surface area contributed by atoms with Gasteiger partial charge in [-0.3, -0.25) is 24.0 Å². The molecule has 6 N–H and O–H groups in total. The van der Waals surface area contributed by atoms with Gasteiger partial charge >= 0.3 is 24.0 Å². The third kappa shape index (κ3) is 37.3. The molecule has 0 radical (unpaired) electrons. The summed E-state index contributed by atoms with van der Waals surface area (Å²) in [5.41, 5.74) is -0.707. The summed E-state index contributed by atoms with van der Waals surface area (Å²) in [4.78, 5) is 98.4. The van der Waals surface area contributed by atoms with Crippen LogP contribution in [0.25, 0.3) is 6.08 Å². The molecule has 2 rings (SSSR count). The minimum atomic E-state index is -3.80. The molecule has 1 aliphatic heterocycles. The number of amides is 5. The Morgan fingerprint density at radius 3 is 1.53 bits per heavy atom. The number of benzene rings is 1. The van der Waals surface area contributed by atoms with Gasteiger partial charge in [0.2, 0.25) is 33.5 Å². The fraction of sp³-hybridized carbons (Fsp3) is 0.729. The first kappa shape index (κ1) is 73.4. The number of sulfone groups is 1. The number of fused-ring (bicyclic) bond motifs is 1. The van der Waals surface area contributed by atoms with Gasteiger partial charge in [0.1, 0.15) is 43.1 Å². The zero-order valence-electron chi connectivity index (χ0n) is 50.2. The molecule has 1 aromatic carbocycles. The zero-order chi connectivity index (χ0) is 61.4. The predicted octanol–water partition coefficient (Wildman–Crippen LogP) is 6.77. The summed E-state index contributed by atoms with van der Waals surface area (Å²) in [6.45, 7) is 11.6. The van der Waals surface area contributed by atoms with E-state index in [0.717, 1.165) is 38.5 Å². The first-order chi connectivity index (χ1) is 39.5. The molecule has 1 aliphatic rings. The fourth-order valence-corrected chi connectivity index (χ4v) is 9.83. The number of hydrogen-bond acceptors (Lipinski definition) is 17. The van der Waals surface area contributed by atoms with E-state index < -0.39 is 57.8 Å². The molecule has 24 heteroatoms. The number of esters is 2. The van der Waals surface area contributed by atoms with Crippen molar-refractivity contribution in [1.82, 2.24) is 26.6 Å². The number of unbranched alkanes of at least 4 members (excludes halogenated alkanes) is 14. The van der Waals surface area contributed by atoms with Crippen LogP contribution in [0.4, 0.5) is 4.79 Å². The molecule has 472 valence electrons. The summed E-state index contributed by atoms with van der Waals surface area (Å²) in [7, 11) is -3.80. The summed E-state index contributed by atoms with van der Waals surface area (Å²) in [6, 6.07) is 4.09. The van der Waals surface area contributed by atoms with Crippen LogP contribution >= 0.6 is 0 Å². The van der Waals surface area contributed by atoms with Crippen LogP contribution in [0.15, 0.2) is 34.1 Å². The van der Waals surface area contributed by atoms with Crippen LogP contribution in [-0.4, -0.2) is 164 Å². The maximum atomic E-state index is 13.0. The molecule has 5 amide bonds. The number of rotatable bonds is 47. The van der Waals surface area contributed by atoms with Gasteiger partial charge in [0.05, 0.1) is 49.4 Å². The Bertz CT molecular complexity index is 2260. The largest absolute Gasteiger partial charge is 0.480 e. The van der Waals surface area contributed by atoms with Gasteiger partial charge in [0.15, 0.2) is 0 Å². The molecule has 1 heterocycles. The van der Waals surface area contributed by atoms with Crippen molar-refractivity contribution < 1.29 is 85.0 Å². The van der Waals surface area contributed by atoms with Crippen LogP contribution in [0.3, 0.4) is 0 Å². The highest BCUT2D eigenvalue weighted by atomic mass is 32.2. The van der Waals surface area contributed by atoms with Crippen LogP contribution in [-0.2, 0) is 76.6 Å².